The summed E-state index contributed by atoms with van der Waals surface area (Å²) in [5, 5.41) is 3.91. The van der Waals surface area contributed by atoms with E-state index in [0.717, 1.165) is 23.8 Å². The lowest BCUT2D eigenvalue weighted by Crippen LogP contribution is -2.41. The smallest absolute Gasteiger partial charge is 0.328 e. The number of nitrogens with zero attached hydrogens (tertiary/aromatic N) is 4. The Labute approximate surface area is 143 Å². The van der Waals surface area contributed by atoms with E-state index in [1.165, 1.54) is 13.2 Å². The molecule has 3 heterocycles. The Bertz CT molecular complexity index is 873. The summed E-state index contributed by atoms with van der Waals surface area (Å²) >= 11 is 0. The maximum Gasteiger partial charge on any atom is 0.328 e. The Morgan fingerprint density at radius 2 is 2.08 bits per heavy atom. The molecule has 3 rings (SSSR count). The van der Waals surface area contributed by atoms with E-state index in [0.29, 0.717) is 36.3 Å². The SMILES string of the molecule is Cc1nc(CC2CCN(C(=O)Cc3c[nH]c(=O)n(C)c3=O)CC2)no1. The number of hydrogen-bond donors (Lipinski definition) is 1. The largest absolute Gasteiger partial charge is 0.342 e. The Morgan fingerprint density at radius 3 is 2.72 bits per heavy atom. The summed E-state index contributed by atoms with van der Waals surface area (Å²) in [6, 6.07) is 0. The Kier molecular flexibility index (Phi) is 4.82. The van der Waals surface area contributed by atoms with Crippen LogP contribution < -0.4 is 11.2 Å². The van der Waals surface area contributed by atoms with E-state index in [1.807, 2.05) is 0 Å². The van der Waals surface area contributed by atoms with Crippen LogP contribution in [0, 0.1) is 12.8 Å². The number of aryl methyl sites for hydroxylation is 1. The fourth-order valence-electron chi connectivity index (χ4n) is 3.09. The van der Waals surface area contributed by atoms with E-state index in [4.69, 9.17) is 4.52 Å². The van der Waals surface area contributed by atoms with Crippen molar-refractivity contribution in [3.8, 4) is 0 Å². The molecule has 0 radical (unpaired) electrons. The highest BCUT2D eigenvalue weighted by Gasteiger charge is 2.24. The molecule has 1 aliphatic heterocycles. The molecule has 0 aliphatic carbocycles. The molecule has 0 bridgehead atoms. The van der Waals surface area contributed by atoms with Crippen LogP contribution in [0.4, 0.5) is 0 Å². The van der Waals surface area contributed by atoms with Crippen molar-refractivity contribution in [3.63, 3.8) is 0 Å². The van der Waals surface area contributed by atoms with Gasteiger partial charge in [-0.2, -0.15) is 4.98 Å². The number of piperidine rings is 1. The summed E-state index contributed by atoms with van der Waals surface area (Å²) < 4.78 is 5.95. The minimum Gasteiger partial charge on any atom is -0.342 e. The van der Waals surface area contributed by atoms with Crippen LogP contribution in [0.2, 0.25) is 0 Å². The number of hydrogen-bond acceptors (Lipinski definition) is 6. The van der Waals surface area contributed by atoms with Crippen LogP contribution in [0.15, 0.2) is 20.3 Å². The summed E-state index contributed by atoms with van der Waals surface area (Å²) in [7, 11) is 1.39. The van der Waals surface area contributed by atoms with Gasteiger partial charge in [0.2, 0.25) is 11.8 Å². The van der Waals surface area contributed by atoms with E-state index in [2.05, 4.69) is 15.1 Å². The molecule has 0 unspecified atom stereocenters. The molecular weight excluding hydrogens is 326 g/mol. The molecule has 134 valence electrons. The van der Waals surface area contributed by atoms with Crippen molar-refractivity contribution in [1.29, 1.82) is 0 Å². The predicted molar refractivity (Wildman–Crippen MR) is 88.1 cm³/mol. The first-order valence-electron chi connectivity index (χ1n) is 8.28. The second-order valence-electron chi connectivity index (χ2n) is 6.42. The van der Waals surface area contributed by atoms with Crippen LogP contribution in [0.3, 0.4) is 0 Å². The number of H-pyrrole nitrogens is 1. The molecule has 0 saturated carbocycles. The van der Waals surface area contributed by atoms with Gasteiger partial charge >= 0.3 is 5.69 Å². The average molecular weight is 347 g/mol. The van der Waals surface area contributed by atoms with Crippen molar-refractivity contribution in [1.82, 2.24) is 24.6 Å². The molecule has 0 spiro atoms. The maximum atomic E-state index is 12.4. The number of nitrogens with one attached hydrogen (secondary N) is 1. The van der Waals surface area contributed by atoms with Gasteiger partial charge in [-0.1, -0.05) is 5.16 Å². The van der Waals surface area contributed by atoms with Crippen molar-refractivity contribution in [3.05, 3.63) is 44.3 Å². The number of amides is 1. The zero-order chi connectivity index (χ0) is 18.0. The van der Waals surface area contributed by atoms with Crippen LogP contribution >= 0.6 is 0 Å². The standard InChI is InChI=1S/C16H21N5O4/c1-10-18-13(19-25-10)7-11-3-5-21(6-4-11)14(22)8-12-9-17-16(24)20(2)15(12)23/h9,11H,3-8H2,1-2H3,(H,17,24). The van der Waals surface area contributed by atoms with E-state index in [9.17, 15) is 14.4 Å². The van der Waals surface area contributed by atoms with Gasteiger partial charge in [0.05, 0.1) is 6.42 Å². The number of aromatic amines is 1. The van der Waals surface area contributed by atoms with Crippen LogP contribution in [0.5, 0.6) is 0 Å². The third-order valence-electron chi connectivity index (χ3n) is 4.60. The summed E-state index contributed by atoms with van der Waals surface area (Å²) in [6.45, 7) is 3.05. The lowest BCUT2D eigenvalue weighted by Gasteiger charge is -2.31. The van der Waals surface area contributed by atoms with Crippen molar-refractivity contribution >= 4 is 5.91 Å². The van der Waals surface area contributed by atoms with Crippen LogP contribution in [0.25, 0.3) is 0 Å². The van der Waals surface area contributed by atoms with Gasteiger partial charge < -0.3 is 14.4 Å². The van der Waals surface area contributed by atoms with Gasteiger partial charge in [-0.05, 0) is 18.8 Å². The molecule has 9 heteroatoms. The molecule has 1 aliphatic rings. The van der Waals surface area contributed by atoms with E-state index in [1.54, 1.807) is 11.8 Å². The van der Waals surface area contributed by atoms with Crippen molar-refractivity contribution < 1.29 is 9.32 Å². The molecular formula is C16H21N5O4. The summed E-state index contributed by atoms with van der Waals surface area (Å²) in [6.07, 6.45) is 3.80. The molecule has 1 amide bonds. The second kappa shape index (κ2) is 7.04. The third kappa shape index (κ3) is 3.86. The quantitative estimate of drug-likeness (QED) is 0.818. The van der Waals surface area contributed by atoms with Gasteiger partial charge in [-0.25, -0.2) is 4.79 Å². The lowest BCUT2D eigenvalue weighted by atomic mass is 9.93. The summed E-state index contributed by atoms with van der Waals surface area (Å²) in [4.78, 5) is 44.3. The van der Waals surface area contributed by atoms with Crippen molar-refractivity contribution in [2.75, 3.05) is 13.1 Å². The Hall–Kier alpha value is -2.71. The zero-order valence-electron chi connectivity index (χ0n) is 14.3. The Morgan fingerprint density at radius 1 is 1.36 bits per heavy atom. The predicted octanol–water partition coefficient (Wildman–Crippen LogP) is -0.211. The molecule has 1 N–H and O–H groups in total. The molecule has 25 heavy (non-hydrogen) atoms. The minimum absolute atomic E-state index is 0.00183. The second-order valence-corrected chi connectivity index (χ2v) is 6.42. The first kappa shape index (κ1) is 17.1. The van der Waals surface area contributed by atoms with E-state index < -0.39 is 11.2 Å². The van der Waals surface area contributed by atoms with Crippen LogP contribution in [-0.2, 0) is 24.7 Å². The van der Waals surface area contributed by atoms with Gasteiger partial charge in [0, 0.05) is 45.2 Å². The first-order chi connectivity index (χ1) is 11.9. The zero-order valence-corrected chi connectivity index (χ0v) is 14.3. The normalized spacial score (nSPS) is 15.5. The van der Waals surface area contributed by atoms with Crippen molar-refractivity contribution in [2.45, 2.75) is 32.6 Å². The fraction of sp³-hybridized carbons (Fsp3) is 0.562. The topological polar surface area (TPSA) is 114 Å². The minimum atomic E-state index is -0.487. The number of carbonyl (C=O) groups is 1. The lowest BCUT2D eigenvalue weighted by molar-refractivity contribution is -0.131. The third-order valence-corrected chi connectivity index (χ3v) is 4.60. The molecule has 1 saturated heterocycles. The van der Waals surface area contributed by atoms with Gasteiger partial charge in [0.15, 0.2) is 5.82 Å². The molecule has 0 aromatic carbocycles. The van der Waals surface area contributed by atoms with Crippen LogP contribution in [0.1, 0.15) is 30.1 Å². The highest BCUT2D eigenvalue weighted by molar-refractivity contribution is 5.78. The Balaban J connectivity index is 1.56. The monoisotopic (exact) mass is 347 g/mol. The number of rotatable bonds is 4. The summed E-state index contributed by atoms with van der Waals surface area (Å²) in [5.74, 6) is 1.59. The average Bonchev–Trinajstić information content (AvgIpc) is 3.01. The maximum absolute atomic E-state index is 12.4. The van der Waals surface area contributed by atoms with E-state index >= 15 is 0 Å². The molecule has 0 atom stereocenters. The molecule has 2 aromatic rings. The number of aromatic nitrogens is 4. The fourth-order valence-corrected chi connectivity index (χ4v) is 3.09. The first-order valence-corrected chi connectivity index (χ1v) is 8.28. The molecule has 9 nitrogen and oxygen atoms in total. The highest BCUT2D eigenvalue weighted by atomic mass is 16.5. The van der Waals surface area contributed by atoms with Gasteiger partial charge in [0.1, 0.15) is 0 Å². The molecule has 1 fully saturated rings. The van der Waals surface area contributed by atoms with Crippen LogP contribution in [-0.4, -0.2) is 43.6 Å². The van der Waals surface area contributed by atoms with Crippen molar-refractivity contribution in [2.24, 2.45) is 13.0 Å². The number of carbonyl (C=O) groups excluding carboxylic acids is 1. The van der Waals surface area contributed by atoms with E-state index in [-0.39, 0.29) is 12.3 Å². The summed E-state index contributed by atoms with van der Waals surface area (Å²) in [5.41, 5.74) is -0.616. The van der Waals surface area contributed by atoms with Gasteiger partial charge in [-0.15, -0.1) is 0 Å². The van der Waals surface area contributed by atoms with Gasteiger partial charge in [-0.3, -0.25) is 14.2 Å². The molecule has 2 aromatic heterocycles. The highest BCUT2D eigenvalue weighted by Crippen LogP contribution is 2.21. The van der Waals surface area contributed by atoms with Gasteiger partial charge in [0.25, 0.3) is 5.56 Å². The number of likely N-dealkylation sites (tertiary alicyclic amines) is 1.